The minimum absolute atomic E-state index is 0.189. The fourth-order valence-electron chi connectivity index (χ4n) is 3.47. The minimum atomic E-state index is -0.394. The summed E-state index contributed by atoms with van der Waals surface area (Å²) in [5.41, 5.74) is 2.13. The van der Waals surface area contributed by atoms with Gasteiger partial charge in [-0.15, -0.1) is 0 Å². The van der Waals surface area contributed by atoms with Gasteiger partial charge in [-0.05, 0) is 55.9 Å². The van der Waals surface area contributed by atoms with Crippen LogP contribution in [-0.4, -0.2) is 56.7 Å². The van der Waals surface area contributed by atoms with Gasteiger partial charge >= 0.3 is 5.97 Å². The number of rotatable bonds is 9. The first-order valence-corrected chi connectivity index (χ1v) is 10.6. The van der Waals surface area contributed by atoms with Crippen LogP contribution in [0.3, 0.4) is 0 Å². The van der Waals surface area contributed by atoms with E-state index >= 15 is 0 Å². The number of nitrogens with zero attached hydrogens (tertiary/aromatic N) is 1. The number of carbonyl (C=O) groups is 2. The Labute approximate surface area is 186 Å². The average molecular weight is 434 g/mol. The van der Waals surface area contributed by atoms with E-state index < -0.39 is 5.97 Å². The number of hydrogen-bond acceptors (Lipinski definition) is 6. The molecule has 1 fully saturated rings. The van der Waals surface area contributed by atoms with Gasteiger partial charge in [-0.2, -0.15) is 0 Å². The van der Waals surface area contributed by atoms with Crippen LogP contribution in [0.25, 0.3) is 16.5 Å². The molecule has 1 aromatic heterocycles. The van der Waals surface area contributed by atoms with Gasteiger partial charge in [-0.3, -0.25) is 9.69 Å². The van der Waals surface area contributed by atoms with Crippen molar-refractivity contribution < 1.29 is 23.5 Å². The fraction of sp³-hybridized carbons (Fsp3) is 0.280. The van der Waals surface area contributed by atoms with Gasteiger partial charge in [0, 0.05) is 23.6 Å². The lowest BCUT2D eigenvalue weighted by Crippen LogP contribution is -2.38. The number of methoxy groups -OCH3 is 1. The summed E-state index contributed by atoms with van der Waals surface area (Å²) in [6.07, 6.45) is 2.79. The van der Waals surface area contributed by atoms with Gasteiger partial charge in [-0.25, -0.2) is 4.79 Å². The zero-order valence-corrected chi connectivity index (χ0v) is 18.0. The van der Waals surface area contributed by atoms with Crippen LogP contribution in [0, 0.1) is 0 Å². The van der Waals surface area contributed by atoms with Gasteiger partial charge in [0.15, 0.2) is 0 Å². The molecule has 1 N–H and O–H groups in total. The van der Waals surface area contributed by atoms with Crippen LogP contribution in [0.4, 0.5) is 0 Å². The maximum atomic E-state index is 12.5. The molecule has 1 aliphatic heterocycles. The summed E-state index contributed by atoms with van der Waals surface area (Å²) in [7, 11) is 1.34. The van der Waals surface area contributed by atoms with Gasteiger partial charge in [0.1, 0.15) is 23.7 Å². The Bertz CT molecular complexity index is 1080. The van der Waals surface area contributed by atoms with Gasteiger partial charge in [0.05, 0.1) is 19.2 Å². The second kappa shape index (κ2) is 10.2. The van der Waals surface area contributed by atoms with E-state index in [1.54, 1.807) is 30.3 Å². The molecule has 0 atom stereocenters. The number of nitrogens with one attached hydrogen (secondary N) is 1. The monoisotopic (exact) mass is 434 g/mol. The van der Waals surface area contributed by atoms with Gasteiger partial charge < -0.3 is 19.2 Å². The maximum Gasteiger partial charge on any atom is 0.337 e. The quantitative estimate of drug-likeness (QED) is 0.315. The lowest BCUT2D eigenvalue weighted by molar-refractivity contribution is -0.116. The average Bonchev–Trinajstić information content (AvgIpc) is 3.22. The summed E-state index contributed by atoms with van der Waals surface area (Å²) in [6.45, 7) is 3.40. The molecule has 2 heterocycles. The number of benzene rings is 2. The zero-order chi connectivity index (χ0) is 22.3. The summed E-state index contributed by atoms with van der Waals surface area (Å²) < 4.78 is 16.3. The molecular weight excluding hydrogens is 408 g/mol. The van der Waals surface area contributed by atoms with E-state index in [0.29, 0.717) is 31.0 Å². The molecule has 4 rings (SSSR count). The highest BCUT2D eigenvalue weighted by atomic mass is 16.5. The van der Waals surface area contributed by atoms with E-state index in [4.69, 9.17) is 9.15 Å². The number of carbonyl (C=O) groups excluding carboxylic acids is 2. The highest BCUT2D eigenvalue weighted by molar-refractivity contribution is 5.96. The topological polar surface area (TPSA) is 81.0 Å². The normalized spacial score (nSPS) is 14.1. The molecule has 7 heteroatoms. The van der Waals surface area contributed by atoms with E-state index in [9.17, 15) is 9.59 Å². The standard InChI is InChI=1S/C25H26N2O5/c1-30-25(29)18-7-9-21(10-8-18)31-14-11-26-24(28)16-20(17-27-12-4-13-27)23-15-19-5-2-3-6-22(19)32-23/h2-3,5-10,15-16H,4,11-14,17H2,1H3,(H,26,28). The third kappa shape index (κ3) is 5.36. The smallest absolute Gasteiger partial charge is 0.337 e. The van der Waals surface area contributed by atoms with E-state index in [1.807, 2.05) is 30.3 Å². The highest BCUT2D eigenvalue weighted by Crippen LogP contribution is 2.26. The molecular formula is C25H26N2O5. The molecule has 7 nitrogen and oxygen atoms in total. The first-order chi connectivity index (χ1) is 15.6. The first kappa shape index (κ1) is 21.6. The van der Waals surface area contributed by atoms with Crippen LogP contribution in [-0.2, 0) is 9.53 Å². The van der Waals surface area contributed by atoms with Crippen molar-refractivity contribution in [1.29, 1.82) is 0 Å². The molecule has 3 aromatic rings. The number of fused-ring (bicyclic) bond motifs is 1. The van der Waals surface area contributed by atoms with E-state index in [-0.39, 0.29) is 5.91 Å². The number of esters is 1. The summed E-state index contributed by atoms with van der Waals surface area (Å²) in [6, 6.07) is 16.5. The van der Waals surface area contributed by atoms with Crippen molar-refractivity contribution in [2.75, 3.05) is 39.9 Å². The summed E-state index contributed by atoms with van der Waals surface area (Å²) in [5.74, 6) is 0.748. The second-order valence-electron chi connectivity index (χ2n) is 7.60. The lowest BCUT2D eigenvalue weighted by Gasteiger charge is -2.31. The van der Waals surface area contributed by atoms with Crippen LogP contribution >= 0.6 is 0 Å². The largest absolute Gasteiger partial charge is 0.492 e. The Balaban J connectivity index is 1.33. The van der Waals surface area contributed by atoms with Crippen LogP contribution in [0.15, 0.2) is 65.1 Å². The molecule has 0 radical (unpaired) electrons. The summed E-state index contributed by atoms with van der Waals surface area (Å²) in [4.78, 5) is 26.3. The van der Waals surface area contributed by atoms with Crippen molar-refractivity contribution >= 4 is 28.4 Å². The van der Waals surface area contributed by atoms with Crippen molar-refractivity contribution in [1.82, 2.24) is 10.2 Å². The number of likely N-dealkylation sites (tertiary alicyclic amines) is 1. The predicted octanol–water partition coefficient (Wildman–Crippen LogP) is 3.50. The van der Waals surface area contributed by atoms with Crippen LogP contribution in [0.1, 0.15) is 22.5 Å². The van der Waals surface area contributed by atoms with Crippen molar-refractivity contribution in [3.05, 3.63) is 72.0 Å². The van der Waals surface area contributed by atoms with E-state index in [0.717, 1.165) is 35.4 Å². The predicted molar refractivity (Wildman–Crippen MR) is 122 cm³/mol. The SMILES string of the molecule is COC(=O)c1ccc(OCCNC(=O)C=C(CN2CCC2)c2cc3ccccc3o2)cc1. The Morgan fingerprint density at radius 1 is 1.12 bits per heavy atom. The Morgan fingerprint density at radius 2 is 1.91 bits per heavy atom. The van der Waals surface area contributed by atoms with Crippen LogP contribution in [0.2, 0.25) is 0 Å². The number of para-hydroxylation sites is 1. The summed E-state index contributed by atoms with van der Waals surface area (Å²) >= 11 is 0. The first-order valence-electron chi connectivity index (χ1n) is 10.6. The zero-order valence-electron chi connectivity index (χ0n) is 18.0. The molecule has 2 aromatic carbocycles. The summed E-state index contributed by atoms with van der Waals surface area (Å²) in [5, 5.41) is 3.88. The molecule has 0 bridgehead atoms. The van der Waals surface area contributed by atoms with Crippen LogP contribution in [0.5, 0.6) is 5.75 Å². The van der Waals surface area contributed by atoms with Crippen molar-refractivity contribution in [2.24, 2.45) is 0 Å². The fourth-order valence-corrected chi connectivity index (χ4v) is 3.47. The third-order valence-corrected chi connectivity index (χ3v) is 5.34. The number of ether oxygens (including phenoxy) is 2. The Hall–Kier alpha value is -3.58. The van der Waals surface area contributed by atoms with Crippen LogP contribution < -0.4 is 10.1 Å². The molecule has 0 saturated carbocycles. The number of hydrogen-bond donors (Lipinski definition) is 1. The third-order valence-electron chi connectivity index (χ3n) is 5.34. The minimum Gasteiger partial charge on any atom is -0.492 e. The molecule has 1 amide bonds. The number of furan rings is 1. The molecule has 0 unspecified atom stereocenters. The molecule has 32 heavy (non-hydrogen) atoms. The lowest BCUT2D eigenvalue weighted by atomic mass is 10.1. The highest BCUT2D eigenvalue weighted by Gasteiger charge is 2.19. The van der Waals surface area contributed by atoms with E-state index in [2.05, 4.69) is 15.0 Å². The molecule has 1 saturated heterocycles. The Morgan fingerprint density at radius 3 is 2.59 bits per heavy atom. The number of amides is 1. The second-order valence-corrected chi connectivity index (χ2v) is 7.60. The molecule has 1 aliphatic rings. The van der Waals surface area contributed by atoms with Crippen molar-refractivity contribution in [3.63, 3.8) is 0 Å². The van der Waals surface area contributed by atoms with Gasteiger partial charge in [-0.1, -0.05) is 18.2 Å². The molecule has 166 valence electrons. The maximum absolute atomic E-state index is 12.5. The van der Waals surface area contributed by atoms with E-state index in [1.165, 1.54) is 13.5 Å². The molecule has 0 spiro atoms. The van der Waals surface area contributed by atoms with Gasteiger partial charge in [0.2, 0.25) is 5.91 Å². The van der Waals surface area contributed by atoms with Crippen molar-refractivity contribution in [3.8, 4) is 5.75 Å². The van der Waals surface area contributed by atoms with Gasteiger partial charge in [0.25, 0.3) is 0 Å². The van der Waals surface area contributed by atoms with Crippen molar-refractivity contribution in [2.45, 2.75) is 6.42 Å². The Kier molecular flexibility index (Phi) is 6.87. The molecule has 0 aliphatic carbocycles.